The van der Waals surface area contributed by atoms with Crippen molar-refractivity contribution in [2.24, 2.45) is 5.73 Å². The summed E-state index contributed by atoms with van der Waals surface area (Å²) in [5.74, 6) is -2.24. The molecule has 0 aromatic carbocycles. The lowest BCUT2D eigenvalue weighted by molar-refractivity contribution is -0.122. The molecule has 7 heteroatoms. The molecule has 0 spiro atoms. The number of primary amides is 1. The topological polar surface area (TPSA) is 111 Å². The maximum atomic E-state index is 12.9. The maximum absolute atomic E-state index is 12.9. The van der Waals surface area contributed by atoms with Gasteiger partial charge in [-0.1, -0.05) is 0 Å². The lowest BCUT2D eigenvalue weighted by Gasteiger charge is -2.22. The molecule has 0 fully saturated rings. The molecule has 0 aliphatic carbocycles. The highest BCUT2D eigenvalue weighted by Gasteiger charge is 2.28. The Balaban J connectivity index is 2.98. The summed E-state index contributed by atoms with van der Waals surface area (Å²) in [4.78, 5) is 26.3. The van der Waals surface area contributed by atoms with Gasteiger partial charge in [0.15, 0.2) is 0 Å². The first-order chi connectivity index (χ1) is 7.74. The Bertz CT molecular complexity index is 473. The zero-order valence-corrected chi connectivity index (χ0v) is 9.45. The molecule has 1 aromatic heterocycles. The van der Waals surface area contributed by atoms with Gasteiger partial charge in [0.2, 0.25) is 5.91 Å². The number of carbonyl (C=O) groups excluding carboxylic acids is 2. The van der Waals surface area contributed by atoms with Gasteiger partial charge in [-0.05, 0) is 19.9 Å². The van der Waals surface area contributed by atoms with Crippen molar-refractivity contribution in [1.82, 2.24) is 10.3 Å². The number of anilines is 1. The van der Waals surface area contributed by atoms with Crippen molar-refractivity contribution in [1.29, 1.82) is 0 Å². The van der Waals surface area contributed by atoms with E-state index >= 15 is 0 Å². The van der Waals surface area contributed by atoms with E-state index in [2.05, 4.69) is 10.3 Å². The molecule has 6 nitrogen and oxygen atoms in total. The summed E-state index contributed by atoms with van der Waals surface area (Å²) in [6.45, 7) is 2.85. The van der Waals surface area contributed by atoms with Crippen LogP contribution >= 0.6 is 0 Å². The van der Waals surface area contributed by atoms with Gasteiger partial charge < -0.3 is 16.8 Å². The second-order valence-corrected chi connectivity index (χ2v) is 4.03. The van der Waals surface area contributed by atoms with Gasteiger partial charge in [-0.15, -0.1) is 0 Å². The number of nitrogens with two attached hydrogens (primary N) is 2. The second-order valence-electron chi connectivity index (χ2n) is 4.03. The van der Waals surface area contributed by atoms with Crippen LogP contribution in [0.4, 0.5) is 10.2 Å². The summed E-state index contributed by atoms with van der Waals surface area (Å²) in [7, 11) is 0. The third-order valence-electron chi connectivity index (χ3n) is 2.17. The minimum absolute atomic E-state index is 0.121. The van der Waals surface area contributed by atoms with Crippen LogP contribution in [0.2, 0.25) is 0 Å². The summed E-state index contributed by atoms with van der Waals surface area (Å²) < 4.78 is 12.9. The van der Waals surface area contributed by atoms with E-state index in [1.54, 1.807) is 0 Å². The number of nitrogens with one attached hydrogen (secondary N) is 1. The van der Waals surface area contributed by atoms with Crippen molar-refractivity contribution in [2.45, 2.75) is 19.4 Å². The Morgan fingerprint density at radius 2 is 2.06 bits per heavy atom. The number of nitrogen functional groups attached to an aromatic ring is 1. The monoisotopic (exact) mass is 240 g/mol. The molecule has 17 heavy (non-hydrogen) atoms. The molecule has 5 N–H and O–H groups in total. The molecule has 2 amide bonds. The standard InChI is InChI=1S/C10H13FN4O2/c1-10(2,9(13)17)15-8(16)6-3-5(11)4-14-7(6)12/h3-4H,1-2H3,(H2,12,14)(H2,13,17)(H,15,16). The van der Waals surface area contributed by atoms with Crippen LogP contribution in [0.15, 0.2) is 12.3 Å². The van der Waals surface area contributed by atoms with Gasteiger partial charge >= 0.3 is 0 Å². The van der Waals surface area contributed by atoms with Crippen molar-refractivity contribution >= 4 is 17.6 Å². The first kappa shape index (κ1) is 12.9. The number of rotatable bonds is 3. The van der Waals surface area contributed by atoms with E-state index in [1.807, 2.05) is 0 Å². The average Bonchev–Trinajstić information content (AvgIpc) is 2.20. The molecular formula is C10H13FN4O2. The normalized spacial score (nSPS) is 11.0. The van der Waals surface area contributed by atoms with Gasteiger partial charge in [0, 0.05) is 0 Å². The summed E-state index contributed by atoms with van der Waals surface area (Å²) in [6, 6.07) is 0.939. The predicted molar refractivity (Wildman–Crippen MR) is 59.3 cm³/mol. The smallest absolute Gasteiger partial charge is 0.255 e. The molecule has 0 bridgehead atoms. The van der Waals surface area contributed by atoms with E-state index in [1.165, 1.54) is 13.8 Å². The summed E-state index contributed by atoms with van der Waals surface area (Å²) in [5, 5.41) is 2.34. The van der Waals surface area contributed by atoms with Crippen molar-refractivity contribution in [3.05, 3.63) is 23.6 Å². The number of pyridine rings is 1. The lowest BCUT2D eigenvalue weighted by Crippen LogP contribution is -2.53. The minimum atomic E-state index is -1.25. The Labute approximate surface area is 97.2 Å². The third-order valence-corrected chi connectivity index (χ3v) is 2.17. The Morgan fingerprint density at radius 1 is 1.47 bits per heavy atom. The van der Waals surface area contributed by atoms with Gasteiger partial charge in [0.25, 0.3) is 5.91 Å². The first-order valence-electron chi connectivity index (χ1n) is 4.77. The summed E-state index contributed by atoms with van der Waals surface area (Å²) in [6.07, 6.45) is 0.894. The van der Waals surface area contributed by atoms with Crippen LogP contribution in [0.1, 0.15) is 24.2 Å². The van der Waals surface area contributed by atoms with Crippen LogP contribution in [0, 0.1) is 5.82 Å². The molecule has 0 saturated carbocycles. The number of carbonyl (C=O) groups is 2. The molecule has 0 unspecified atom stereocenters. The number of aromatic nitrogens is 1. The molecule has 0 saturated heterocycles. The highest BCUT2D eigenvalue weighted by Crippen LogP contribution is 2.11. The van der Waals surface area contributed by atoms with Crippen LogP contribution in [0.25, 0.3) is 0 Å². The molecule has 0 atom stereocenters. The summed E-state index contributed by atoms with van der Waals surface area (Å²) >= 11 is 0. The van der Waals surface area contributed by atoms with Crippen LogP contribution in [0.3, 0.4) is 0 Å². The molecule has 0 aliphatic heterocycles. The fourth-order valence-corrected chi connectivity index (χ4v) is 1.04. The number of halogens is 1. The third kappa shape index (κ3) is 2.90. The van der Waals surface area contributed by atoms with Crippen LogP contribution in [0.5, 0.6) is 0 Å². The average molecular weight is 240 g/mol. The molecule has 1 rings (SSSR count). The highest BCUT2D eigenvalue weighted by atomic mass is 19.1. The number of hydrogen-bond acceptors (Lipinski definition) is 4. The quantitative estimate of drug-likeness (QED) is 0.679. The zero-order valence-electron chi connectivity index (χ0n) is 9.45. The lowest BCUT2D eigenvalue weighted by atomic mass is 10.0. The van der Waals surface area contributed by atoms with Crippen molar-refractivity contribution in [2.75, 3.05) is 5.73 Å². The molecule has 1 aromatic rings. The molecular weight excluding hydrogens is 227 g/mol. The SMILES string of the molecule is CC(C)(NC(=O)c1cc(F)cnc1N)C(N)=O. The van der Waals surface area contributed by atoms with Gasteiger partial charge in [0.05, 0.1) is 11.8 Å². The largest absolute Gasteiger partial charge is 0.383 e. The fraction of sp³-hybridized carbons (Fsp3) is 0.300. The van der Waals surface area contributed by atoms with Crippen molar-refractivity contribution in [3.8, 4) is 0 Å². The van der Waals surface area contributed by atoms with E-state index in [9.17, 15) is 14.0 Å². The Morgan fingerprint density at radius 3 is 2.59 bits per heavy atom. The second kappa shape index (κ2) is 4.36. The zero-order chi connectivity index (χ0) is 13.2. The summed E-state index contributed by atoms with van der Waals surface area (Å²) in [5.41, 5.74) is 9.13. The Hall–Kier alpha value is -2.18. The number of hydrogen-bond donors (Lipinski definition) is 3. The van der Waals surface area contributed by atoms with Gasteiger partial charge in [0.1, 0.15) is 17.2 Å². The first-order valence-corrected chi connectivity index (χ1v) is 4.77. The van der Waals surface area contributed by atoms with E-state index in [4.69, 9.17) is 11.5 Å². The van der Waals surface area contributed by atoms with Gasteiger partial charge in [-0.3, -0.25) is 9.59 Å². The maximum Gasteiger partial charge on any atom is 0.255 e. The number of nitrogens with zero attached hydrogens (tertiary/aromatic N) is 1. The fourth-order valence-electron chi connectivity index (χ4n) is 1.04. The predicted octanol–water partition coefficient (Wildman–Crippen LogP) is -0.203. The van der Waals surface area contributed by atoms with E-state index in [0.717, 1.165) is 12.3 Å². The molecule has 1 heterocycles. The Kier molecular flexibility index (Phi) is 3.31. The molecule has 0 radical (unpaired) electrons. The van der Waals surface area contributed by atoms with Gasteiger partial charge in [-0.25, -0.2) is 9.37 Å². The van der Waals surface area contributed by atoms with Gasteiger partial charge in [-0.2, -0.15) is 0 Å². The highest BCUT2D eigenvalue weighted by molar-refractivity contribution is 6.01. The van der Waals surface area contributed by atoms with E-state index in [0.29, 0.717) is 0 Å². The van der Waals surface area contributed by atoms with Crippen LogP contribution in [-0.4, -0.2) is 22.3 Å². The van der Waals surface area contributed by atoms with Crippen molar-refractivity contribution < 1.29 is 14.0 Å². The molecule has 92 valence electrons. The number of amides is 2. The molecule has 0 aliphatic rings. The van der Waals surface area contributed by atoms with Crippen LogP contribution in [-0.2, 0) is 4.79 Å². The minimum Gasteiger partial charge on any atom is -0.383 e. The van der Waals surface area contributed by atoms with E-state index < -0.39 is 23.2 Å². The van der Waals surface area contributed by atoms with Crippen LogP contribution < -0.4 is 16.8 Å². The van der Waals surface area contributed by atoms with Crippen molar-refractivity contribution in [3.63, 3.8) is 0 Å². The van der Waals surface area contributed by atoms with E-state index in [-0.39, 0.29) is 11.4 Å².